The van der Waals surface area contributed by atoms with Crippen LogP contribution in [0.25, 0.3) is 0 Å². The van der Waals surface area contributed by atoms with Crippen LogP contribution in [-0.2, 0) is 0 Å². The Morgan fingerprint density at radius 1 is 1.64 bits per heavy atom. The van der Waals surface area contributed by atoms with Crippen LogP contribution in [0, 0.1) is 5.41 Å². The molecule has 2 unspecified atom stereocenters. The van der Waals surface area contributed by atoms with Crippen LogP contribution >= 0.6 is 0 Å². The molecule has 1 rings (SSSR count). The van der Waals surface area contributed by atoms with Gasteiger partial charge in [0.15, 0.2) is 0 Å². The molecule has 2 atom stereocenters. The molecule has 3 N–H and O–H groups in total. The van der Waals surface area contributed by atoms with Crippen molar-refractivity contribution < 1.29 is 0 Å². The largest absolute Gasteiger partial charge is 0.327 e. The lowest BCUT2D eigenvalue weighted by atomic mass is 9.82. The molecule has 0 aliphatic heterocycles. The summed E-state index contributed by atoms with van der Waals surface area (Å²) in [6, 6.07) is 0.441. The van der Waals surface area contributed by atoms with E-state index in [1.165, 1.54) is 25.7 Å². The Morgan fingerprint density at radius 2 is 2.36 bits per heavy atom. The lowest BCUT2D eigenvalue weighted by Gasteiger charge is -2.28. The molecule has 0 aromatic carbocycles. The maximum atomic E-state index is 6.03. The Labute approximate surface area is 69.5 Å². The smallest absolute Gasteiger partial charge is 0.00934 e. The Hall–Kier alpha value is -0.0800. The highest BCUT2D eigenvalue weighted by Crippen LogP contribution is 2.39. The van der Waals surface area contributed by atoms with E-state index in [1.54, 1.807) is 0 Å². The van der Waals surface area contributed by atoms with Crippen molar-refractivity contribution in [2.45, 2.75) is 38.6 Å². The van der Waals surface area contributed by atoms with Gasteiger partial charge in [-0.15, -0.1) is 0 Å². The predicted molar refractivity (Wildman–Crippen MR) is 48.5 cm³/mol. The highest BCUT2D eigenvalue weighted by atomic mass is 14.8. The van der Waals surface area contributed by atoms with Gasteiger partial charge >= 0.3 is 0 Å². The van der Waals surface area contributed by atoms with Gasteiger partial charge in [-0.05, 0) is 38.3 Å². The molecule has 0 spiro atoms. The summed E-state index contributed by atoms with van der Waals surface area (Å²) >= 11 is 0. The minimum absolute atomic E-state index is 0.420. The van der Waals surface area contributed by atoms with Crippen molar-refractivity contribution in [2.24, 2.45) is 11.1 Å². The monoisotopic (exact) mass is 156 g/mol. The van der Waals surface area contributed by atoms with Crippen LogP contribution in [0.5, 0.6) is 0 Å². The zero-order valence-corrected chi connectivity index (χ0v) is 7.69. The first-order valence-electron chi connectivity index (χ1n) is 4.59. The standard InChI is InChI=1S/C9H20N2/c1-9(6-7-11-2)5-3-4-8(9)10/h8,11H,3-7,10H2,1-2H3. The molecule has 1 aliphatic carbocycles. The van der Waals surface area contributed by atoms with Crippen molar-refractivity contribution >= 4 is 0 Å². The predicted octanol–water partition coefficient (Wildman–Crippen LogP) is 1.11. The molecule has 1 saturated carbocycles. The van der Waals surface area contributed by atoms with E-state index in [1.807, 2.05) is 7.05 Å². The van der Waals surface area contributed by atoms with Crippen LogP contribution in [0.1, 0.15) is 32.6 Å². The van der Waals surface area contributed by atoms with Crippen molar-refractivity contribution in [1.82, 2.24) is 5.32 Å². The average Bonchev–Trinajstić information content (AvgIpc) is 2.30. The molecule has 0 aromatic rings. The van der Waals surface area contributed by atoms with E-state index >= 15 is 0 Å². The summed E-state index contributed by atoms with van der Waals surface area (Å²) in [6.45, 7) is 3.42. The third-order valence-corrected chi connectivity index (χ3v) is 3.10. The second kappa shape index (κ2) is 3.55. The number of nitrogens with two attached hydrogens (primary N) is 1. The van der Waals surface area contributed by atoms with E-state index in [-0.39, 0.29) is 0 Å². The van der Waals surface area contributed by atoms with Gasteiger partial charge in [-0.1, -0.05) is 13.3 Å². The Bertz CT molecular complexity index is 125. The maximum Gasteiger partial charge on any atom is 0.00934 e. The van der Waals surface area contributed by atoms with Gasteiger partial charge in [0.1, 0.15) is 0 Å². The Balaban J connectivity index is 2.38. The van der Waals surface area contributed by atoms with Crippen LogP contribution in [0.15, 0.2) is 0 Å². The first-order chi connectivity index (χ1) is 5.19. The van der Waals surface area contributed by atoms with Gasteiger partial charge in [0.05, 0.1) is 0 Å². The molecule has 2 heteroatoms. The lowest BCUT2D eigenvalue weighted by Crippen LogP contribution is -2.36. The molecule has 2 nitrogen and oxygen atoms in total. The molecule has 0 bridgehead atoms. The summed E-state index contributed by atoms with van der Waals surface area (Å²) in [6.07, 6.45) is 5.09. The maximum absolute atomic E-state index is 6.03. The van der Waals surface area contributed by atoms with Gasteiger partial charge in [-0.3, -0.25) is 0 Å². The first-order valence-corrected chi connectivity index (χ1v) is 4.59. The minimum Gasteiger partial charge on any atom is -0.327 e. The summed E-state index contributed by atoms with van der Waals surface area (Å²) in [5.41, 5.74) is 6.45. The van der Waals surface area contributed by atoms with Crippen molar-refractivity contribution in [2.75, 3.05) is 13.6 Å². The summed E-state index contributed by atoms with van der Waals surface area (Å²) in [5, 5.41) is 3.18. The molecule has 1 aliphatic rings. The van der Waals surface area contributed by atoms with Crippen LogP contribution < -0.4 is 11.1 Å². The molecular formula is C9H20N2. The SMILES string of the molecule is CNCCC1(C)CCCC1N. The third-order valence-electron chi connectivity index (χ3n) is 3.10. The average molecular weight is 156 g/mol. The molecule has 0 amide bonds. The minimum atomic E-state index is 0.420. The van der Waals surface area contributed by atoms with Gasteiger partial charge in [0.2, 0.25) is 0 Å². The first kappa shape index (κ1) is 9.01. The molecule has 1 fully saturated rings. The fourth-order valence-electron chi connectivity index (χ4n) is 1.98. The topological polar surface area (TPSA) is 38.0 Å². The van der Waals surface area contributed by atoms with Crippen molar-refractivity contribution in [3.63, 3.8) is 0 Å². The zero-order chi connectivity index (χ0) is 8.32. The van der Waals surface area contributed by atoms with E-state index < -0.39 is 0 Å². The van der Waals surface area contributed by atoms with Crippen LogP contribution in [-0.4, -0.2) is 19.6 Å². The number of hydrogen-bond donors (Lipinski definition) is 2. The van der Waals surface area contributed by atoms with Crippen LogP contribution in [0.3, 0.4) is 0 Å². The Kier molecular flexibility index (Phi) is 2.90. The molecule has 66 valence electrons. The summed E-state index contributed by atoms with van der Waals surface area (Å²) < 4.78 is 0. The van der Waals surface area contributed by atoms with E-state index in [0.717, 1.165) is 6.54 Å². The van der Waals surface area contributed by atoms with E-state index in [9.17, 15) is 0 Å². The molecule has 0 saturated heterocycles. The summed E-state index contributed by atoms with van der Waals surface area (Å²) in [7, 11) is 2.00. The van der Waals surface area contributed by atoms with Gasteiger partial charge in [0, 0.05) is 6.04 Å². The van der Waals surface area contributed by atoms with Crippen molar-refractivity contribution in [3.8, 4) is 0 Å². The number of rotatable bonds is 3. The number of hydrogen-bond acceptors (Lipinski definition) is 2. The van der Waals surface area contributed by atoms with Crippen LogP contribution in [0.2, 0.25) is 0 Å². The zero-order valence-electron chi connectivity index (χ0n) is 7.69. The molecular weight excluding hydrogens is 136 g/mol. The molecule has 0 aromatic heterocycles. The van der Waals surface area contributed by atoms with Gasteiger partial charge in [-0.2, -0.15) is 0 Å². The van der Waals surface area contributed by atoms with E-state index in [4.69, 9.17) is 5.73 Å². The fourth-order valence-corrected chi connectivity index (χ4v) is 1.98. The fraction of sp³-hybridized carbons (Fsp3) is 1.00. The second-order valence-electron chi connectivity index (χ2n) is 4.01. The van der Waals surface area contributed by atoms with E-state index in [2.05, 4.69) is 12.2 Å². The highest BCUT2D eigenvalue weighted by molar-refractivity contribution is 4.91. The van der Waals surface area contributed by atoms with E-state index in [0.29, 0.717) is 11.5 Å². The van der Waals surface area contributed by atoms with Crippen molar-refractivity contribution in [1.29, 1.82) is 0 Å². The normalized spacial score (nSPS) is 37.9. The van der Waals surface area contributed by atoms with Crippen LogP contribution in [0.4, 0.5) is 0 Å². The molecule has 0 radical (unpaired) electrons. The van der Waals surface area contributed by atoms with Gasteiger partial charge in [-0.25, -0.2) is 0 Å². The second-order valence-corrected chi connectivity index (χ2v) is 4.01. The lowest BCUT2D eigenvalue weighted by molar-refractivity contribution is 0.268. The summed E-state index contributed by atoms with van der Waals surface area (Å²) in [4.78, 5) is 0. The van der Waals surface area contributed by atoms with Crippen molar-refractivity contribution in [3.05, 3.63) is 0 Å². The summed E-state index contributed by atoms with van der Waals surface area (Å²) in [5.74, 6) is 0. The molecule has 0 heterocycles. The number of nitrogens with one attached hydrogen (secondary N) is 1. The Morgan fingerprint density at radius 3 is 2.82 bits per heavy atom. The third kappa shape index (κ3) is 1.94. The highest BCUT2D eigenvalue weighted by Gasteiger charge is 2.35. The molecule has 11 heavy (non-hydrogen) atoms. The quantitative estimate of drug-likeness (QED) is 0.642. The van der Waals surface area contributed by atoms with Gasteiger partial charge in [0.25, 0.3) is 0 Å². The van der Waals surface area contributed by atoms with Gasteiger partial charge < -0.3 is 11.1 Å².